The van der Waals surface area contributed by atoms with Crippen LogP contribution >= 0.6 is 0 Å². The van der Waals surface area contributed by atoms with Gasteiger partial charge in [-0.3, -0.25) is 4.79 Å². The van der Waals surface area contributed by atoms with Crippen LogP contribution in [-0.2, 0) is 15.2 Å². The monoisotopic (exact) mass is 511 g/mol. The maximum absolute atomic E-state index is 14.2. The standard InChI is InChI=1S/C27H37F4N3O2/c1-4-18-36-22-11-15-33(16-12-22)25(35)19-34-17-13-23(32-24(34)6-5-14-27(29,30)31)20-7-9-21(10-8-20)26(2,3)28/h7-10,13,22H,4-6,11-12,14-19H2,1-3H3. The van der Waals surface area contributed by atoms with E-state index in [1.54, 1.807) is 34.1 Å². The third-order valence-electron chi connectivity index (χ3n) is 6.53. The Bertz CT molecular complexity index is 928. The second-order valence-corrected chi connectivity index (χ2v) is 9.97. The third kappa shape index (κ3) is 8.32. The highest BCUT2D eigenvalue weighted by Crippen LogP contribution is 2.29. The molecule has 36 heavy (non-hydrogen) atoms. The van der Waals surface area contributed by atoms with Crippen molar-refractivity contribution in [2.24, 2.45) is 4.99 Å². The Morgan fingerprint density at radius 1 is 1.11 bits per heavy atom. The van der Waals surface area contributed by atoms with E-state index in [4.69, 9.17) is 4.74 Å². The molecule has 0 radical (unpaired) electrons. The summed E-state index contributed by atoms with van der Waals surface area (Å²) in [6, 6.07) is 6.92. The number of hydrogen-bond donors (Lipinski definition) is 0. The molecule has 1 amide bonds. The first-order valence-corrected chi connectivity index (χ1v) is 12.7. The number of hydrogen-bond acceptors (Lipinski definition) is 4. The van der Waals surface area contributed by atoms with Crippen molar-refractivity contribution in [3.8, 4) is 0 Å². The molecule has 9 heteroatoms. The summed E-state index contributed by atoms with van der Waals surface area (Å²) in [5.74, 6) is 0.417. The van der Waals surface area contributed by atoms with E-state index in [1.807, 2.05) is 6.08 Å². The molecule has 0 N–H and O–H groups in total. The lowest BCUT2D eigenvalue weighted by Crippen LogP contribution is -2.47. The molecule has 0 atom stereocenters. The van der Waals surface area contributed by atoms with Crippen molar-refractivity contribution in [3.05, 3.63) is 41.5 Å². The van der Waals surface area contributed by atoms with Gasteiger partial charge in [-0.15, -0.1) is 0 Å². The highest BCUT2D eigenvalue weighted by Gasteiger charge is 2.29. The minimum Gasteiger partial charge on any atom is -0.378 e. The molecule has 5 nitrogen and oxygen atoms in total. The normalized spacial score (nSPS) is 17.8. The number of rotatable bonds is 10. The fourth-order valence-electron chi connectivity index (χ4n) is 4.41. The Kier molecular flexibility index (Phi) is 9.55. The van der Waals surface area contributed by atoms with E-state index in [-0.39, 0.29) is 31.4 Å². The summed E-state index contributed by atoms with van der Waals surface area (Å²) in [5.41, 5.74) is 0.446. The number of carbonyl (C=O) groups is 1. The minimum atomic E-state index is -4.24. The quantitative estimate of drug-likeness (QED) is 0.357. The molecule has 2 heterocycles. The summed E-state index contributed by atoms with van der Waals surface area (Å²) in [7, 11) is 0. The van der Waals surface area contributed by atoms with Crippen LogP contribution in [0.3, 0.4) is 0 Å². The molecule has 200 valence electrons. The van der Waals surface area contributed by atoms with Crippen LogP contribution in [-0.4, -0.2) is 66.6 Å². The van der Waals surface area contributed by atoms with Gasteiger partial charge in [0.25, 0.3) is 0 Å². The molecule has 2 aliphatic heterocycles. The second kappa shape index (κ2) is 12.2. The number of ether oxygens (including phenoxy) is 1. The summed E-state index contributed by atoms with van der Waals surface area (Å²) in [4.78, 5) is 21.2. The second-order valence-electron chi connectivity index (χ2n) is 9.97. The largest absolute Gasteiger partial charge is 0.389 e. The molecule has 0 aromatic heterocycles. The maximum Gasteiger partial charge on any atom is 0.389 e. The van der Waals surface area contributed by atoms with Gasteiger partial charge >= 0.3 is 6.18 Å². The zero-order valence-electron chi connectivity index (χ0n) is 21.4. The Morgan fingerprint density at radius 2 is 1.78 bits per heavy atom. The summed E-state index contributed by atoms with van der Waals surface area (Å²) in [6.45, 7) is 7.41. The van der Waals surface area contributed by atoms with Gasteiger partial charge in [-0.25, -0.2) is 9.38 Å². The van der Waals surface area contributed by atoms with Crippen LogP contribution in [0.5, 0.6) is 0 Å². The van der Waals surface area contributed by atoms with Crippen molar-refractivity contribution in [3.63, 3.8) is 0 Å². The van der Waals surface area contributed by atoms with Gasteiger partial charge in [0.05, 0.1) is 18.3 Å². The van der Waals surface area contributed by atoms with E-state index >= 15 is 0 Å². The summed E-state index contributed by atoms with van der Waals surface area (Å²) in [6.07, 6.45) is -0.571. The number of benzene rings is 1. The van der Waals surface area contributed by atoms with Crippen molar-refractivity contribution in [2.45, 2.75) is 77.2 Å². The molecule has 0 aliphatic carbocycles. The average Bonchev–Trinajstić information content (AvgIpc) is 2.82. The van der Waals surface area contributed by atoms with Gasteiger partial charge in [0.1, 0.15) is 11.5 Å². The number of amides is 1. The van der Waals surface area contributed by atoms with Gasteiger partial charge in [0.15, 0.2) is 0 Å². The molecule has 2 aliphatic rings. The predicted molar refractivity (Wildman–Crippen MR) is 133 cm³/mol. The molecule has 0 bridgehead atoms. The summed E-state index contributed by atoms with van der Waals surface area (Å²) in [5, 5.41) is 0. The molecule has 1 saturated heterocycles. The average molecular weight is 512 g/mol. The number of aliphatic imine (C=N–C) groups is 1. The fourth-order valence-corrected chi connectivity index (χ4v) is 4.41. The molecule has 3 rings (SSSR count). The van der Waals surface area contributed by atoms with E-state index in [0.717, 1.165) is 24.8 Å². The molecule has 1 aromatic carbocycles. The first-order chi connectivity index (χ1) is 17.0. The lowest BCUT2D eigenvalue weighted by atomic mass is 9.98. The van der Waals surface area contributed by atoms with E-state index in [1.165, 1.54) is 13.8 Å². The lowest BCUT2D eigenvalue weighted by Gasteiger charge is -2.35. The van der Waals surface area contributed by atoms with Crippen molar-refractivity contribution in [1.29, 1.82) is 0 Å². The molecule has 0 saturated carbocycles. The molecule has 1 fully saturated rings. The van der Waals surface area contributed by atoms with Gasteiger partial charge in [-0.2, -0.15) is 13.2 Å². The Morgan fingerprint density at radius 3 is 2.36 bits per heavy atom. The maximum atomic E-state index is 14.2. The van der Waals surface area contributed by atoms with Crippen molar-refractivity contribution in [2.75, 3.05) is 32.8 Å². The molecular formula is C27H37F4N3O2. The number of piperidine rings is 1. The number of amidine groups is 1. The van der Waals surface area contributed by atoms with Crippen LogP contribution in [0.25, 0.3) is 5.70 Å². The van der Waals surface area contributed by atoms with Gasteiger partial charge in [0, 0.05) is 39.1 Å². The van der Waals surface area contributed by atoms with E-state index in [2.05, 4.69) is 11.9 Å². The Balaban J connectivity index is 1.67. The van der Waals surface area contributed by atoms with Crippen LogP contribution in [0.1, 0.15) is 70.4 Å². The summed E-state index contributed by atoms with van der Waals surface area (Å²) >= 11 is 0. The van der Waals surface area contributed by atoms with Crippen molar-refractivity contribution in [1.82, 2.24) is 9.80 Å². The molecule has 0 unspecified atom stereocenters. The minimum absolute atomic E-state index is 0.0566. The van der Waals surface area contributed by atoms with Crippen LogP contribution in [0.2, 0.25) is 0 Å². The molecule has 1 aromatic rings. The van der Waals surface area contributed by atoms with E-state index in [9.17, 15) is 22.4 Å². The molecule has 0 spiro atoms. The van der Waals surface area contributed by atoms with E-state index in [0.29, 0.717) is 43.3 Å². The highest BCUT2D eigenvalue weighted by atomic mass is 19.4. The first kappa shape index (κ1) is 28.2. The van der Waals surface area contributed by atoms with Crippen LogP contribution in [0.4, 0.5) is 17.6 Å². The lowest BCUT2D eigenvalue weighted by molar-refractivity contribution is -0.136. The Hall–Kier alpha value is -2.42. The van der Waals surface area contributed by atoms with Crippen LogP contribution in [0.15, 0.2) is 35.3 Å². The summed E-state index contributed by atoms with van der Waals surface area (Å²) < 4.78 is 58.3. The SMILES string of the molecule is CCCOC1CCN(C(=O)CN2CC=C(c3ccc(C(C)(C)F)cc3)N=C2CCCC(F)(F)F)CC1. The Labute approximate surface area is 211 Å². The zero-order chi connectivity index (χ0) is 26.3. The van der Waals surface area contributed by atoms with E-state index < -0.39 is 18.3 Å². The van der Waals surface area contributed by atoms with Gasteiger partial charge < -0.3 is 14.5 Å². The van der Waals surface area contributed by atoms with Gasteiger partial charge in [0.2, 0.25) is 5.91 Å². The number of alkyl halides is 4. The fraction of sp³-hybridized carbons (Fsp3) is 0.630. The van der Waals surface area contributed by atoms with Crippen LogP contribution < -0.4 is 0 Å². The smallest absolute Gasteiger partial charge is 0.378 e. The zero-order valence-corrected chi connectivity index (χ0v) is 21.4. The number of nitrogens with zero attached hydrogens (tertiary/aromatic N) is 3. The third-order valence-corrected chi connectivity index (χ3v) is 6.53. The number of halogens is 4. The topological polar surface area (TPSA) is 45.1 Å². The van der Waals surface area contributed by atoms with Crippen molar-refractivity contribution < 1.29 is 27.1 Å². The number of likely N-dealkylation sites (tertiary alicyclic amines) is 1. The molecular weight excluding hydrogens is 474 g/mol. The van der Waals surface area contributed by atoms with Gasteiger partial charge in [-0.05, 0) is 56.7 Å². The predicted octanol–water partition coefficient (Wildman–Crippen LogP) is 6.10. The van der Waals surface area contributed by atoms with Crippen LogP contribution in [0, 0.1) is 0 Å². The number of carbonyl (C=O) groups excluding carboxylic acids is 1. The van der Waals surface area contributed by atoms with Crippen molar-refractivity contribution >= 4 is 17.4 Å². The first-order valence-electron chi connectivity index (χ1n) is 12.7. The van der Waals surface area contributed by atoms with Gasteiger partial charge in [-0.1, -0.05) is 31.2 Å². The highest BCUT2D eigenvalue weighted by molar-refractivity contribution is 5.93.